The maximum atomic E-state index is 12.0. The fourth-order valence-electron chi connectivity index (χ4n) is 2.67. The van der Waals surface area contributed by atoms with Gasteiger partial charge in [-0.05, 0) is 32.6 Å². The number of amides is 1. The Morgan fingerprint density at radius 3 is 2.69 bits per heavy atom. The molecule has 1 heterocycles. The summed E-state index contributed by atoms with van der Waals surface area (Å²) in [4.78, 5) is 12.0. The fourth-order valence-corrected chi connectivity index (χ4v) is 2.67. The van der Waals surface area contributed by atoms with E-state index in [4.69, 9.17) is 10.5 Å². The molecule has 0 aromatic carbocycles. The Kier molecular flexibility index (Phi) is 3.50. The first-order valence-corrected chi connectivity index (χ1v) is 6.33. The number of hydrogen-bond acceptors (Lipinski definition) is 3. The Morgan fingerprint density at radius 2 is 2.12 bits per heavy atom. The van der Waals surface area contributed by atoms with E-state index in [1.807, 2.05) is 6.92 Å². The van der Waals surface area contributed by atoms with E-state index in [0.717, 1.165) is 45.1 Å². The fraction of sp³-hybridized carbons (Fsp3) is 0.917. The zero-order valence-electron chi connectivity index (χ0n) is 10.00. The Labute approximate surface area is 96.9 Å². The minimum absolute atomic E-state index is 0.00741. The standard InChI is InChI=1S/C12H22N2O2/c1-9(10-5-4-8-16-10)14-11(15)12(13)6-2-3-7-12/h9-10H,2-8,13H2,1H3,(H,14,15). The van der Waals surface area contributed by atoms with Crippen molar-refractivity contribution in [2.24, 2.45) is 5.73 Å². The lowest BCUT2D eigenvalue weighted by molar-refractivity contribution is -0.127. The van der Waals surface area contributed by atoms with Crippen molar-refractivity contribution >= 4 is 5.91 Å². The molecule has 2 rings (SSSR count). The molecule has 1 amide bonds. The molecular formula is C12H22N2O2. The van der Waals surface area contributed by atoms with Gasteiger partial charge in [-0.1, -0.05) is 12.8 Å². The molecule has 16 heavy (non-hydrogen) atoms. The summed E-state index contributed by atoms with van der Waals surface area (Å²) in [6.07, 6.45) is 6.08. The van der Waals surface area contributed by atoms with Gasteiger partial charge < -0.3 is 15.8 Å². The molecule has 2 aliphatic rings. The molecule has 0 radical (unpaired) electrons. The smallest absolute Gasteiger partial charge is 0.240 e. The van der Waals surface area contributed by atoms with Crippen LogP contribution in [0.25, 0.3) is 0 Å². The normalized spacial score (nSPS) is 30.2. The van der Waals surface area contributed by atoms with Gasteiger partial charge in [0, 0.05) is 6.61 Å². The van der Waals surface area contributed by atoms with Gasteiger partial charge in [-0.15, -0.1) is 0 Å². The highest BCUT2D eigenvalue weighted by molar-refractivity contribution is 5.86. The van der Waals surface area contributed by atoms with Crippen molar-refractivity contribution in [2.45, 2.75) is 63.1 Å². The van der Waals surface area contributed by atoms with Gasteiger partial charge in [0.05, 0.1) is 17.7 Å². The van der Waals surface area contributed by atoms with Gasteiger partial charge in [0.25, 0.3) is 0 Å². The van der Waals surface area contributed by atoms with Crippen LogP contribution in [0.15, 0.2) is 0 Å². The number of nitrogens with one attached hydrogen (secondary N) is 1. The molecule has 4 heteroatoms. The molecular weight excluding hydrogens is 204 g/mol. The monoisotopic (exact) mass is 226 g/mol. The largest absolute Gasteiger partial charge is 0.376 e. The van der Waals surface area contributed by atoms with Crippen LogP contribution in [0.5, 0.6) is 0 Å². The Balaban J connectivity index is 1.86. The first kappa shape index (κ1) is 11.9. The number of carbonyl (C=O) groups is 1. The third-order valence-electron chi connectivity index (χ3n) is 3.83. The molecule has 0 aromatic heterocycles. The first-order valence-electron chi connectivity index (χ1n) is 6.33. The molecule has 2 unspecified atom stereocenters. The van der Waals surface area contributed by atoms with Crippen molar-refractivity contribution in [3.63, 3.8) is 0 Å². The third kappa shape index (κ3) is 2.38. The highest BCUT2D eigenvalue weighted by Crippen LogP contribution is 2.27. The minimum atomic E-state index is -0.618. The van der Waals surface area contributed by atoms with Crippen LogP contribution in [0.4, 0.5) is 0 Å². The van der Waals surface area contributed by atoms with Gasteiger partial charge in [0.1, 0.15) is 0 Å². The van der Waals surface area contributed by atoms with Crippen molar-refractivity contribution in [2.75, 3.05) is 6.61 Å². The second-order valence-corrected chi connectivity index (χ2v) is 5.18. The first-order chi connectivity index (χ1) is 7.62. The van der Waals surface area contributed by atoms with Gasteiger partial charge >= 0.3 is 0 Å². The molecule has 0 spiro atoms. The van der Waals surface area contributed by atoms with E-state index in [1.54, 1.807) is 0 Å². The molecule has 2 atom stereocenters. The van der Waals surface area contributed by atoms with Crippen molar-refractivity contribution in [3.05, 3.63) is 0 Å². The van der Waals surface area contributed by atoms with Crippen molar-refractivity contribution in [1.29, 1.82) is 0 Å². The van der Waals surface area contributed by atoms with Crippen LogP contribution in [0.1, 0.15) is 45.4 Å². The van der Waals surface area contributed by atoms with E-state index >= 15 is 0 Å². The number of hydrogen-bond donors (Lipinski definition) is 2. The third-order valence-corrected chi connectivity index (χ3v) is 3.83. The molecule has 92 valence electrons. The van der Waals surface area contributed by atoms with Gasteiger partial charge in [-0.25, -0.2) is 0 Å². The minimum Gasteiger partial charge on any atom is -0.376 e. The number of nitrogens with two attached hydrogens (primary N) is 1. The highest BCUT2D eigenvalue weighted by atomic mass is 16.5. The van der Waals surface area contributed by atoms with E-state index in [0.29, 0.717) is 0 Å². The Morgan fingerprint density at radius 1 is 1.44 bits per heavy atom. The van der Waals surface area contributed by atoms with Gasteiger partial charge in [0.2, 0.25) is 5.91 Å². The van der Waals surface area contributed by atoms with Gasteiger partial charge in [-0.3, -0.25) is 4.79 Å². The van der Waals surface area contributed by atoms with Crippen LogP contribution in [0.2, 0.25) is 0 Å². The molecule has 1 saturated heterocycles. The summed E-state index contributed by atoms with van der Waals surface area (Å²) in [6, 6.07) is 0.0797. The quantitative estimate of drug-likeness (QED) is 0.753. The molecule has 2 fully saturated rings. The van der Waals surface area contributed by atoms with Crippen LogP contribution in [0.3, 0.4) is 0 Å². The van der Waals surface area contributed by atoms with Crippen LogP contribution in [-0.2, 0) is 9.53 Å². The van der Waals surface area contributed by atoms with E-state index in [9.17, 15) is 4.79 Å². The van der Waals surface area contributed by atoms with Crippen molar-refractivity contribution in [1.82, 2.24) is 5.32 Å². The van der Waals surface area contributed by atoms with Crippen LogP contribution in [-0.4, -0.2) is 30.2 Å². The molecule has 0 bridgehead atoms. The highest BCUT2D eigenvalue weighted by Gasteiger charge is 2.38. The summed E-state index contributed by atoms with van der Waals surface area (Å²) < 4.78 is 5.56. The zero-order valence-corrected chi connectivity index (χ0v) is 10.00. The van der Waals surface area contributed by atoms with Crippen molar-refractivity contribution in [3.8, 4) is 0 Å². The summed E-state index contributed by atoms with van der Waals surface area (Å²) in [5.74, 6) is 0.00741. The molecule has 3 N–H and O–H groups in total. The molecule has 1 aliphatic heterocycles. The zero-order chi connectivity index (χ0) is 11.6. The maximum absolute atomic E-state index is 12.0. The number of ether oxygens (including phenoxy) is 1. The van der Waals surface area contributed by atoms with E-state index in [2.05, 4.69) is 5.32 Å². The summed E-state index contributed by atoms with van der Waals surface area (Å²) >= 11 is 0. The lowest BCUT2D eigenvalue weighted by Gasteiger charge is -2.27. The average Bonchev–Trinajstić information content (AvgIpc) is 2.88. The topological polar surface area (TPSA) is 64.4 Å². The second kappa shape index (κ2) is 4.72. The average molecular weight is 226 g/mol. The summed E-state index contributed by atoms with van der Waals surface area (Å²) in [6.45, 7) is 2.82. The Bertz CT molecular complexity index is 256. The SMILES string of the molecule is CC(NC(=O)C1(N)CCCC1)C1CCCO1. The predicted octanol–water partition coefficient (Wildman–Crippen LogP) is 0.942. The lowest BCUT2D eigenvalue weighted by atomic mass is 9.97. The van der Waals surface area contributed by atoms with Crippen molar-refractivity contribution < 1.29 is 9.53 Å². The summed E-state index contributed by atoms with van der Waals surface area (Å²) in [5.41, 5.74) is 5.48. The van der Waals surface area contributed by atoms with Crippen LogP contribution < -0.4 is 11.1 Å². The predicted molar refractivity (Wildman–Crippen MR) is 62.0 cm³/mol. The van der Waals surface area contributed by atoms with E-state index in [1.165, 1.54) is 0 Å². The molecule has 1 saturated carbocycles. The second-order valence-electron chi connectivity index (χ2n) is 5.18. The molecule has 4 nitrogen and oxygen atoms in total. The number of carbonyl (C=O) groups excluding carboxylic acids is 1. The summed E-state index contributed by atoms with van der Waals surface area (Å²) in [5, 5.41) is 3.02. The maximum Gasteiger partial charge on any atom is 0.240 e. The molecule has 0 aromatic rings. The Hall–Kier alpha value is -0.610. The van der Waals surface area contributed by atoms with Gasteiger partial charge in [-0.2, -0.15) is 0 Å². The molecule has 1 aliphatic carbocycles. The van der Waals surface area contributed by atoms with Crippen LogP contribution >= 0.6 is 0 Å². The lowest BCUT2D eigenvalue weighted by Crippen LogP contribution is -2.55. The van der Waals surface area contributed by atoms with E-state index in [-0.39, 0.29) is 18.1 Å². The van der Waals surface area contributed by atoms with Crippen LogP contribution in [0, 0.1) is 0 Å². The van der Waals surface area contributed by atoms with Gasteiger partial charge in [0.15, 0.2) is 0 Å². The summed E-state index contributed by atoms with van der Waals surface area (Å²) in [7, 11) is 0. The van der Waals surface area contributed by atoms with E-state index < -0.39 is 5.54 Å². The number of rotatable bonds is 3.